The Morgan fingerprint density at radius 1 is 1.45 bits per heavy atom. The molecule has 0 spiro atoms. The topological polar surface area (TPSA) is 53.1 Å². The molecule has 0 aromatic carbocycles. The van der Waals surface area contributed by atoms with Crippen LogP contribution < -0.4 is 10.5 Å². The summed E-state index contributed by atoms with van der Waals surface area (Å²) in [7, 11) is 1.74. The van der Waals surface area contributed by atoms with Crippen molar-refractivity contribution in [1.29, 1.82) is 0 Å². The molecule has 1 aliphatic rings. The predicted molar refractivity (Wildman–Crippen MR) is 82.1 cm³/mol. The number of rotatable bonds is 5. The van der Waals surface area contributed by atoms with Crippen molar-refractivity contribution in [3.05, 3.63) is 11.9 Å². The van der Waals surface area contributed by atoms with Gasteiger partial charge in [-0.05, 0) is 45.1 Å². The number of nitrogens with zero attached hydrogens (tertiary/aromatic N) is 2. The predicted octanol–water partition coefficient (Wildman–Crippen LogP) is 3.34. The van der Waals surface area contributed by atoms with Gasteiger partial charge in [0.2, 0.25) is 0 Å². The van der Waals surface area contributed by atoms with Crippen LogP contribution in [-0.4, -0.2) is 23.4 Å². The van der Waals surface area contributed by atoms with Crippen molar-refractivity contribution in [1.82, 2.24) is 9.78 Å². The average Bonchev–Trinajstić information content (AvgIpc) is 2.90. The molecule has 0 saturated heterocycles. The summed E-state index contributed by atoms with van der Waals surface area (Å²) < 4.78 is 7.70. The molecule has 1 heterocycles. The molecule has 4 nitrogen and oxygen atoms in total. The minimum atomic E-state index is 0.356. The van der Waals surface area contributed by atoms with Crippen molar-refractivity contribution in [3.63, 3.8) is 0 Å². The minimum absolute atomic E-state index is 0.356. The van der Waals surface area contributed by atoms with Crippen molar-refractivity contribution in [3.8, 4) is 5.75 Å². The van der Waals surface area contributed by atoms with Gasteiger partial charge in [0.25, 0.3) is 0 Å². The lowest BCUT2D eigenvalue weighted by Crippen LogP contribution is -2.31. The minimum Gasteiger partial charge on any atom is -0.493 e. The Hall–Kier alpha value is -1.03. The molecule has 2 N–H and O–H groups in total. The molecule has 4 heteroatoms. The normalized spacial score (nSPS) is 27.0. The molecular weight excluding hydrogens is 250 g/mol. The standard InChI is InChI=1S/C16H29N3O/c1-5-12-6-7-13(9-17)14(8-12)16-15(20-4)10-18-19(16)11(2)3/h10-14H,5-9,17H2,1-4H3. The lowest BCUT2D eigenvalue weighted by atomic mass is 9.71. The van der Waals surface area contributed by atoms with Gasteiger partial charge in [-0.15, -0.1) is 0 Å². The van der Waals surface area contributed by atoms with Crippen LogP contribution in [0.25, 0.3) is 0 Å². The van der Waals surface area contributed by atoms with Crippen molar-refractivity contribution in [2.75, 3.05) is 13.7 Å². The summed E-state index contributed by atoms with van der Waals surface area (Å²) in [6.45, 7) is 7.40. The van der Waals surface area contributed by atoms with Crippen LogP contribution in [0.4, 0.5) is 0 Å². The molecule has 1 aliphatic carbocycles. The number of ether oxygens (including phenoxy) is 1. The zero-order chi connectivity index (χ0) is 14.7. The Balaban J connectivity index is 2.37. The van der Waals surface area contributed by atoms with Gasteiger partial charge in [-0.1, -0.05) is 19.8 Å². The average molecular weight is 279 g/mol. The summed E-state index contributed by atoms with van der Waals surface area (Å²) in [6.07, 6.45) is 6.87. The molecule has 1 fully saturated rings. The van der Waals surface area contributed by atoms with Crippen LogP contribution in [0, 0.1) is 11.8 Å². The molecule has 1 aromatic heterocycles. The Kier molecular flexibility index (Phi) is 5.08. The van der Waals surface area contributed by atoms with Gasteiger partial charge in [0.1, 0.15) is 0 Å². The first-order valence-electron chi connectivity index (χ1n) is 7.93. The molecule has 3 atom stereocenters. The molecular formula is C16H29N3O. The lowest BCUT2D eigenvalue weighted by molar-refractivity contribution is 0.221. The monoisotopic (exact) mass is 279 g/mol. The Morgan fingerprint density at radius 2 is 2.20 bits per heavy atom. The molecule has 0 bridgehead atoms. The fourth-order valence-corrected chi connectivity index (χ4v) is 3.59. The third kappa shape index (κ3) is 2.85. The van der Waals surface area contributed by atoms with E-state index in [0.717, 1.165) is 18.2 Å². The fraction of sp³-hybridized carbons (Fsp3) is 0.812. The van der Waals surface area contributed by atoms with E-state index >= 15 is 0 Å². The second kappa shape index (κ2) is 6.61. The van der Waals surface area contributed by atoms with Crippen molar-refractivity contribution in [2.45, 2.75) is 58.4 Å². The Morgan fingerprint density at radius 3 is 2.75 bits per heavy atom. The molecule has 0 aliphatic heterocycles. The molecule has 0 amide bonds. The number of nitrogens with two attached hydrogens (primary N) is 1. The first-order valence-corrected chi connectivity index (χ1v) is 7.93. The van der Waals surface area contributed by atoms with Gasteiger partial charge >= 0.3 is 0 Å². The van der Waals surface area contributed by atoms with Crippen LogP contribution in [0.3, 0.4) is 0 Å². The molecule has 114 valence electrons. The van der Waals surface area contributed by atoms with E-state index in [0.29, 0.717) is 17.9 Å². The van der Waals surface area contributed by atoms with E-state index in [1.165, 1.54) is 31.4 Å². The van der Waals surface area contributed by atoms with Crippen LogP contribution in [0.2, 0.25) is 0 Å². The van der Waals surface area contributed by atoms with Crippen molar-refractivity contribution < 1.29 is 4.74 Å². The maximum Gasteiger partial charge on any atom is 0.160 e. The highest BCUT2D eigenvalue weighted by molar-refractivity contribution is 5.30. The van der Waals surface area contributed by atoms with Crippen LogP contribution in [0.1, 0.15) is 64.1 Å². The zero-order valence-corrected chi connectivity index (χ0v) is 13.3. The summed E-state index contributed by atoms with van der Waals surface area (Å²) in [6, 6.07) is 0.356. The van der Waals surface area contributed by atoms with E-state index < -0.39 is 0 Å². The van der Waals surface area contributed by atoms with Gasteiger partial charge < -0.3 is 10.5 Å². The van der Waals surface area contributed by atoms with E-state index in [9.17, 15) is 0 Å². The van der Waals surface area contributed by atoms with Gasteiger partial charge in [-0.3, -0.25) is 4.68 Å². The van der Waals surface area contributed by atoms with Crippen molar-refractivity contribution >= 4 is 0 Å². The maximum absolute atomic E-state index is 6.03. The van der Waals surface area contributed by atoms with Gasteiger partial charge in [-0.25, -0.2) is 0 Å². The van der Waals surface area contributed by atoms with Gasteiger partial charge in [-0.2, -0.15) is 5.10 Å². The summed E-state index contributed by atoms with van der Waals surface area (Å²) in [5.41, 5.74) is 7.29. The van der Waals surface area contributed by atoms with Crippen molar-refractivity contribution in [2.24, 2.45) is 17.6 Å². The van der Waals surface area contributed by atoms with E-state index in [4.69, 9.17) is 10.5 Å². The first kappa shape index (κ1) is 15.4. The lowest BCUT2D eigenvalue weighted by Gasteiger charge is -2.36. The molecule has 2 rings (SSSR count). The second-order valence-corrected chi connectivity index (χ2v) is 6.33. The zero-order valence-electron chi connectivity index (χ0n) is 13.3. The smallest absolute Gasteiger partial charge is 0.160 e. The summed E-state index contributed by atoms with van der Waals surface area (Å²) in [4.78, 5) is 0. The summed E-state index contributed by atoms with van der Waals surface area (Å²) >= 11 is 0. The van der Waals surface area contributed by atoms with Gasteiger partial charge in [0.05, 0.1) is 19.0 Å². The Labute approximate surface area is 122 Å². The van der Waals surface area contributed by atoms with E-state index in [2.05, 4.69) is 30.6 Å². The molecule has 3 unspecified atom stereocenters. The third-order valence-corrected chi connectivity index (χ3v) is 4.84. The number of methoxy groups -OCH3 is 1. The van der Waals surface area contributed by atoms with Crippen LogP contribution in [0.15, 0.2) is 6.20 Å². The fourth-order valence-electron chi connectivity index (χ4n) is 3.59. The molecule has 1 aromatic rings. The second-order valence-electron chi connectivity index (χ2n) is 6.33. The number of aromatic nitrogens is 2. The maximum atomic E-state index is 6.03. The third-order valence-electron chi connectivity index (χ3n) is 4.84. The van der Waals surface area contributed by atoms with Gasteiger partial charge in [0.15, 0.2) is 5.75 Å². The van der Waals surface area contributed by atoms with Gasteiger partial charge in [0, 0.05) is 12.0 Å². The highest BCUT2D eigenvalue weighted by Crippen LogP contribution is 2.44. The summed E-state index contributed by atoms with van der Waals surface area (Å²) in [5.74, 6) is 2.78. The van der Waals surface area contributed by atoms with E-state index in [1.54, 1.807) is 7.11 Å². The quantitative estimate of drug-likeness (QED) is 0.899. The van der Waals surface area contributed by atoms with Crippen LogP contribution in [-0.2, 0) is 0 Å². The number of hydrogen-bond acceptors (Lipinski definition) is 3. The molecule has 0 radical (unpaired) electrons. The largest absolute Gasteiger partial charge is 0.493 e. The highest BCUT2D eigenvalue weighted by Gasteiger charge is 2.34. The Bertz CT molecular complexity index is 427. The highest BCUT2D eigenvalue weighted by atomic mass is 16.5. The molecule has 1 saturated carbocycles. The SMILES string of the molecule is CCC1CCC(CN)C(c2c(OC)cnn2C(C)C)C1. The summed E-state index contributed by atoms with van der Waals surface area (Å²) in [5, 5.41) is 4.53. The first-order chi connectivity index (χ1) is 9.62. The van der Waals surface area contributed by atoms with Crippen LogP contribution in [0.5, 0.6) is 5.75 Å². The van der Waals surface area contributed by atoms with E-state index in [-0.39, 0.29) is 0 Å². The van der Waals surface area contributed by atoms with Crippen LogP contribution >= 0.6 is 0 Å². The number of hydrogen-bond donors (Lipinski definition) is 1. The van der Waals surface area contributed by atoms with E-state index in [1.807, 2.05) is 6.20 Å². The molecule has 20 heavy (non-hydrogen) atoms.